The van der Waals surface area contributed by atoms with Crippen molar-refractivity contribution in [2.45, 2.75) is 0 Å². The zero-order chi connectivity index (χ0) is 5.21. The molecule has 4 nitrogen and oxygen atoms in total. The van der Waals surface area contributed by atoms with E-state index < -0.39 is 7.82 Å². The minimum atomic E-state index is -4.87. The molecule has 0 amide bonds. The maximum Gasteiger partial charge on any atom is 2.00 e. The van der Waals surface area contributed by atoms with Gasteiger partial charge in [-0.05, 0) is 0 Å². The summed E-state index contributed by atoms with van der Waals surface area (Å²) in [6.45, 7) is 0. The van der Waals surface area contributed by atoms with Crippen molar-refractivity contribution in [3.63, 3.8) is 0 Å². The maximum atomic E-state index is 9.12. The zero-order valence-corrected chi connectivity index (χ0v) is 7.74. The SMILES string of the molecule is [B]OP(=O)([O-])[O-].[Sr+2]. The molecule has 34 valence electrons. The predicted octanol–water partition coefficient (Wildman–Crippen LogP) is -2.47. The van der Waals surface area contributed by atoms with Gasteiger partial charge < -0.3 is 18.8 Å². The van der Waals surface area contributed by atoms with Crippen molar-refractivity contribution < 1.29 is 18.8 Å². The molecule has 0 aromatic rings. The standard InChI is InChI=1S/BH2O4P.Sr/c1-5-6(2,3)4;/h(H2,2,3,4);/q;+2/p-2. The van der Waals surface area contributed by atoms with Gasteiger partial charge in [0.15, 0.2) is 0 Å². The smallest absolute Gasteiger partial charge is 0.791 e. The quantitative estimate of drug-likeness (QED) is 0.342. The molecule has 0 spiro atoms. The van der Waals surface area contributed by atoms with Gasteiger partial charge in [0.25, 0.3) is 8.05 Å². The van der Waals surface area contributed by atoms with Gasteiger partial charge >= 0.3 is 45.5 Å². The first-order chi connectivity index (χ1) is 2.56. The van der Waals surface area contributed by atoms with Gasteiger partial charge in [0.1, 0.15) is 0 Å². The fourth-order valence-electron chi connectivity index (χ4n) is 0. The Balaban J connectivity index is 0. The summed E-state index contributed by atoms with van der Waals surface area (Å²) in [6.07, 6.45) is 0. The molecule has 2 radical (unpaired) electrons. The minimum absolute atomic E-state index is 0. The molecule has 0 aliphatic rings. The summed E-state index contributed by atoms with van der Waals surface area (Å²) in [5.74, 6) is 0. The molecule has 0 bridgehead atoms. The van der Waals surface area contributed by atoms with E-state index in [0.29, 0.717) is 0 Å². The van der Waals surface area contributed by atoms with Gasteiger partial charge in [0, 0.05) is 7.82 Å². The van der Waals surface area contributed by atoms with Crippen LogP contribution in [0.25, 0.3) is 0 Å². The van der Waals surface area contributed by atoms with E-state index in [9.17, 15) is 0 Å². The molecule has 0 aromatic heterocycles. The molecule has 0 atom stereocenters. The zero-order valence-electron chi connectivity index (χ0n) is 3.36. The normalized spacial score (nSPS) is 10.0. The largest absolute Gasteiger partial charge is 2.00 e. The molecule has 0 aliphatic heterocycles. The Labute approximate surface area is 79.2 Å². The van der Waals surface area contributed by atoms with E-state index >= 15 is 0 Å². The second-order valence-electron chi connectivity index (χ2n) is 0.553. The van der Waals surface area contributed by atoms with Gasteiger partial charge in [-0.15, -0.1) is 0 Å². The van der Waals surface area contributed by atoms with Crippen LogP contribution in [0.1, 0.15) is 0 Å². The van der Waals surface area contributed by atoms with Crippen LogP contribution < -0.4 is 9.79 Å². The monoisotopic (exact) mass is 194 g/mol. The first-order valence-electron chi connectivity index (χ1n) is 0.966. The molecule has 0 unspecified atom stereocenters. The van der Waals surface area contributed by atoms with Crippen LogP contribution in [0.15, 0.2) is 0 Å². The third-order valence-electron chi connectivity index (χ3n) is 0.129. The van der Waals surface area contributed by atoms with Crippen LogP contribution in [0, 0.1) is 0 Å². The minimum Gasteiger partial charge on any atom is -0.791 e. The second-order valence-corrected chi connectivity index (χ2v) is 1.66. The maximum absolute atomic E-state index is 9.12. The Kier molecular flexibility index (Phi) is 7.40. The first kappa shape index (κ1) is 11.5. The second kappa shape index (κ2) is 4.53. The molecular formula is BO4PSr. The van der Waals surface area contributed by atoms with E-state index in [4.69, 9.17) is 14.4 Å². The average molecular weight is 193 g/mol. The predicted molar refractivity (Wildman–Crippen MR) is 20.2 cm³/mol. The molecule has 0 heterocycles. The number of hydrogen-bond acceptors (Lipinski definition) is 4. The van der Waals surface area contributed by atoms with Gasteiger partial charge in [-0.2, -0.15) is 0 Å². The van der Waals surface area contributed by atoms with Crippen LogP contribution in [-0.2, 0) is 9.01 Å². The summed E-state index contributed by atoms with van der Waals surface area (Å²) in [6, 6.07) is 0. The third-order valence-corrected chi connectivity index (χ3v) is 0.387. The van der Waals surface area contributed by atoms with E-state index in [1.807, 2.05) is 0 Å². The van der Waals surface area contributed by atoms with Gasteiger partial charge in [-0.25, -0.2) is 0 Å². The van der Waals surface area contributed by atoms with Crippen LogP contribution in [0.2, 0.25) is 0 Å². The average Bonchev–Trinajstić information content (AvgIpc) is 1.35. The summed E-state index contributed by atoms with van der Waals surface area (Å²) in [5, 5.41) is 0. The molecule has 0 saturated heterocycles. The molecule has 0 aromatic carbocycles. The van der Waals surface area contributed by atoms with Gasteiger partial charge in [-0.3, -0.25) is 0 Å². The third kappa shape index (κ3) is 11.3. The molecule has 7 heteroatoms. The van der Waals surface area contributed by atoms with Crippen molar-refractivity contribution in [2.24, 2.45) is 0 Å². The van der Waals surface area contributed by atoms with E-state index in [0.717, 1.165) is 0 Å². The Hall–Kier alpha value is 1.66. The molecule has 0 rings (SSSR count). The van der Waals surface area contributed by atoms with E-state index in [1.165, 1.54) is 0 Å². The Morgan fingerprint density at radius 3 is 1.71 bits per heavy atom. The van der Waals surface area contributed by atoms with Gasteiger partial charge in [0.2, 0.25) is 0 Å². The fraction of sp³-hybridized carbons (Fsp3) is 0. The molecule has 7 heavy (non-hydrogen) atoms. The van der Waals surface area contributed by atoms with Crippen molar-refractivity contribution in [1.82, 2.24) is 0 Å². The molecule has 0 N–H and O–H groups in total. The number of rotatable bonds is 1. The van der Waals surface area contributed by atoms with Crippen LogP contribution in [-0.4, -0.2) is 53.5 Å². The summed E-state index contributed by atoms with van der Waals surface area (Å²) >= 11 is 0. The van der Waals surface area contributed by atoms with E-state index in [-0.39, 0.29) is 45.5 Å². The molecule has 0 saturated carbocycles. The van der Waals surface area contributed by atoms with Crippen molar-refractivity contribution in [3.05, 3.63) is 0 Å². The molecule has 0 fully saturated rings. The van der Waals surface area contributed by atoms with Crippen LogP contribution in [0.3, 0.4) is 0 Å². The molecular weight excluding hydrogens is 193 g/mol. The summed E-state index contributed by atoms with van der Waals surface area (Å²) in [5.41, 5.74) is 0. The Morgan fingerprint density at radius 2 is 1.71 bits per heavy atom. The number of phosphoric acid groups is 1. The summed E-state index contributed by atoms with van der Waals surface area (Å²) in [7, 11) is -0.951. The summed E-state index contributed by atoms with van der Waals surface area (Å²) in [4.78, 5) is 18.2. The van der Waals surface area contributed by atoms with Crippen molar-refractivity contribution >= 4 is 61.4 Å². The van der Waals surface area contributed by atoms with Crippen molar-refractivity contribution in [1.29, 1.82) is 0 Å². The van der Waals surface area contributed by atoms with Crippen molar-refractivity contribution in [3.8, 4) is 0 Å². The summed E-state index contributed by atoms with van der Waals surface area (Å²) < 4.78 is 12.0. The van der Waals surface area contributed by atoms with E-state index in [2.05, 4.69) is 12.5 Å². The van der Waals surface area contributed by atoms with Gasteiger partial charge in [-0.1, -0.05) is 0 Å². The Bertz CT molecular complexity index is 75.8. The van der Waals surface area contributed by atoms with E-state index in [1.54, 1.807) is 0 Å². The van der Waals surface area contributed by atoms with Crippen LogP contribution >= 0.6 is 7.82 Å². The first-order valence-corrected chi connectivity index (χ1v) is 2.43. The number of hydrogen-bond donors (Lipinski definition) is 0. The molecule has 0 aliphatic carbocycles. The van der Waals surface area contributed by atoms with Crippen molar-refractivity contribution in [2.75, 3.05) is 0 Å². The van der Waals surface area contributed by atoms with Crippen LogP contribution in [0.5, 0.6) is 0 Å². The fourth-order valence-corrected chi connectivity index (χ4v) is 0. The van der Waals surface area contributed by atoms with Gasteiger partial charge in [0.05, 0.1) is 0 Å². The topological polar surface area (TPSA) is 72.4 Å². The Morgan fingerprint density at radius 1 is 1.57 bits per heavy atom. The van der Waals surface area contributed by atoms with Crippen LogP contribution in [0.4, 0.5) is 0 Å².